The molecule has 3 unspecified atom stereocenters. The molecule has 5 heteroatoms. The second-order valence-corrected chi connectivity index (χ2v) is 11.8. The van der Waals surface area contributed by atoms with Crippen molar-refractivity contribution in [2.75, 3.05) is 26.7 Å². The maximum Gasteiger partial charge on any atom is 0.343 e. The summed E-state index contributed by atoms with van der Waals surface area (Å²) in [4.78, 5) is 13.6. The smallest absolute Gasteiger partial charge is 0.343 e. The molecular weight excluding hydrogens is 561 g/mol. The first-order valence-electron chi connectivity index (χ1n) is 13.8. The van der Waals surface area contributed by atoms with Crippen LogP contribution in [-0.2, 0) is 21.7 Å². The first-order chi connectivity index (χ1) is 17.0. The van der Waals surface area contributed by atoms with E-state index in [4.69, 9.17) is 4.74 Å². The third-order valence-electron chi connectivity index (χ3n) is 9.25. The highest BCUT2D eigenvalue weighted by atomic mass is 127. The minimum absolute atomic E-state index is 0. The highest BCUT2D eigenvalue weighted by Crippen LogP contribution is 2.46. The van der Waals surface area contributed by atoms with E-state index in [1.165, 1.54) is 31.2 Å². The van der Waals surface area contributed by atoms with Gasteiger partial charge in [-0.05, 0) is 31.2 Å². The van der Waals surface area contributed by atoms with Gasteiger partial charge in [0, 0.05) is 29.2 Å². The molecule has 3 aliphatic rings. The number of likely N-dealkylation sites (tertiary alicyclic amines) is 1. The summed E-state index contributed by atoms with van der Waals surface area (Å²) < 4.78 is 7.14. The molecule has 2 aromatic carbocycles. The maximum absolute atomic E-state index is 13.6. The number of hydrogen-bond acceptors (Lipinski definition) is 3. The van der Waals surface area contributed by atoms with E-state index in [1.807, 2.05) is 30.3 Å². The summed E-state index contributed by atoms with van der Waals surface area (Å²) >= 11 is 0. The molecule has 1 heterocycles. The number of nitrogens with zero attached hydrogens (tertiary/aromatic N) is 1. The standard InChI is InChI=1S/C31H42NO3.HI/c1-32(20-24-12-6-4-7-13-24)21-25-18-19-26(22-32)29(25)23-35-30(33)31(34,28-16-10-5-11-17-28)27-14-8-2-3-9-15-27;/h4-7,10-13,16-17,25-27,29,34H,2-3,8-9,14-15,18-23H2,1H3;1H/q+1;/p-1. The summed E-state index contributed by atoms with van der Waals surface area (Å²) in [6.45, 7) is 3.79. The van der Waals surface area contributed by atoms with Crippen LogP contribution >= 0.6 is 0 Å². The second-order valence-electron chi connectivity index (χ2n) is 11.8. The molecule has 3 atom stereocenters. The molecule has 2 aliphatic carbocycles. The number of ether oxygens (including phenoxy) is 1. The Bertz CT molecular complexity index is 962. The fraction of sp³-hybridized carbons (Fsp3) is 0.581. The summed E-state index contributed by atoms with van der Waals surface area (Å²) in [6, 6.07) is 20.4. The van der Waals surface area contributed by atoms with Crippen LogP contribution in [0.1, 0.15) is 62.5 Å². The minimum atomic E-state index is -1.54. The lowest BCUT2D eigenvalue weighted by molar-refractivity contribution is -0.933. The van der Waals surface area contributed by atoms with Gasteiger partial charge in [-0.15, -0.1) is 0 Å². The average molecular weight is 604 g/mol. The molecule has 4 nitrogen and oxygen atoms in total. The van der Waals surface area contributed by atoms with Crippen molar-refractivity contribution in [1.82, 2.24) is 0 Å². The van der Waals surface area contributed by atoms with Crippen LogP contribution < -0.4 is 24.0 Å². The fourth-order valence-electron chi connectivity index (χ4n) is 7.52. The van der Waals surface area contributed by atoms with Crippen molar-refractivity contribution in [2.45, 2.75) is 63.5 Å². The van der Waals surface area contributed by atoms with E-state index in [-0.39, 0.29) is 29.9 Å². The fourth-order valence-corrected chi connectivity index (χ4v) is 7.52. The summed E-state index contributed by atoms with van der Waals surface area (Å²) in [5, 5.41) is 11.9. The zero-order valence-corrected chi connectivity index (χ0v) is 23.8. The Labute approximate surface area is 234 Å². The number of rotatable bonds is 7. The number of quaternary nitrogens is 1. The molecule has 3 fully saturated rings. The largest absolute Gasteiger partial charge is 1.00 e. The predicted molar refractivity (Wildman–Crippen MR) is 138 cm³/mol. The zero-order chi connectivity index (χ0) is 24.3. The van der Waals surface area contributed by atoms with Gasteiger partial charge in [0.2, 0.25) is 0 Å². The van der Waals surface area contributed by atoms with Crippen LogP contribution in [0.4, 0.5) is 0 Å². The van der Waals surface area contributed by atoms with E-state index >= 15 is 0 Å². The van der Waals surface area contributed by atoms with Gasteiger partial charge in [0.15, 0.2) is 5.60 Å². The lowest BCUT2D eigenvalue weighted by atomic mass is 9.77. The molecule has 0 radical (unpaired) electrons. The number of carbonyl (C=O) groups is 1. The molecule has 0 aromatic heterocycles. The van der Waals surface area contributed by atoms with Crippen LogP contribution in [0.3, 0.4) is 0 Å². The number of piperidine rings is 1. The molecule has 2 aromatic rings. The Balaban J connectivity index is 0.00000304. The van der Waals surface area contributed by atoms with E-state index in [0.29, 0.717) is 29.9 Å². The van der Waals surface area contributed by atoms with Crippen molar-refractivity contribution < 1.29 is 43.1 Å². The molecule has 2 bridgehead atoms. The topological polar surface area (TPSA) is 46.5 Å². The molecule has 0 spiro atoms. The molecule has 1 saturated heterocycles. The lowest BCUT2D eigenvalue weighted by Crippen LogP contribution is -3.00. The van der Waals surface area contributed by atoms with Crippen molar-refractivity contribution in [3.8, 4) is 0 Å². The van der Waals surface area contributed by atoms with Crippen LogP contribution in [0.15, 0.2) is 60.7 Å². The van der Waals surface area contributed by atoms with Crippen LogP contribution in [0.25, 0.3) is 0 Å². The number of halogens is 1. The Morgan fingerprint density at radius 3 is 2.03 bits per heavy atom. The first kappa shape index (κ1) is 27.6. The van der Waals surface area contributed by atoms with E-state index in [2.05, 4.69) is 37.4 Å². The van der Waals surface area contributed by atoms with Crippen molar-refractivity contribution in [2.24, 2.45) is 23.7 Å². The van der Waals surface area contributed by atoms with Crippen molar-refractivity contribution in [3.63, 3.8) is 0 Å². The molecule has 196 valence electrons. The molecular formula is C31H42INO3. The van der Waals surface area contributed by atoms with E-state index in [9.17, 15) is 9.90 Å². The first-order valence-corrected chi connectivity index (χ1v) is 13.8. The molecule has 1 N–H and O–H groups in total. The predicted octanol–water partition coefficient (Wildman–Crippen LogP) is 2.69. The van der Waals surface area contributed by atoms with Crippen LogP contribution in [0.2, 0.25) is 0 Å². The average Bonchev–Trinajstić information content (AvgIpc) is 3.05. The Kier molecular flexibility index (Phi) is 9.16. The summed E-state index contributed by atoms with van der Waals surface area (Å²) in [6.07, 6.45) is 8.70. The van der Waals surface area contributed by atoms with Crippen molar-refractivity contribution >= 4 is 5.97 Å². The molecule has 0 amide bonds. The summed E-state index contributed by atoms with van der Waals surface area (Å²) in [5.41, 5.74) is 0.545. The number of esters is 1. The number of fused-ring (bicyclic) bond motifs is 2. The van der Waals surface area contributed by atoms with E-state index < -0.39 is 11.6 Å². The number of carbonyl (C=O) groups excluding carboxylic acids is 1. The van der Waals surface area contributed by atoms with Gasteiger partial charge in [-0.1, -0.05) is 86.3 Å². The van der Waals surface area contributed by atoms with Gasteiger partial charge in [0.05, 0.1) is 26.7 Å². The van der Waals surface area contributed by atoms with Gasteiger partial charge >= 0.3 is 5.97 Å². The monoisotopic (exact) mass is 603 g/mol. The van der Waals surface area contributed by atoms with Gasteiger partial charge in [0.25, 0.3) is 0 Å². The highest BCUT2D eigenvalue weighted by Gasteiger charge is 2.51. The Morgan fingerprint density at radius 1 is 0.889 bits per heavy atom. The number of aliphatic hydroxyl groups is 1. The molecule has 2 saturated carbocycles. The van der Waals surface area contributed by atoms with Gasteiger partial charge in [-0.25, -0.2) is 4.79 Å². The summed E-state index contributed by atoms with van der Waals surface area (Å²) in [5.74, 6) is 1.07. The van der Waals surface area contributed by atoms with Crippen LogP contribution in [-0.4, -0.2) is 42.3 Å². The van der Waals surface area contributed by atoms with Gasteiger partial charge in [0.1, 0.15) is 6.54 Å². The van der Waals surface area contributed by atoms with Crippen molar-refractivity contribution in [1.29, 1.82) is 0 Å². The van der Waals surface area contributed by atoms with Gasteiger partial charge < -0.3 is 38.3 Å². The molecule has 1 aliphatic heterocycles. The van der Waals surface area contributed by atoms with Crippen LogP contribution in [0.5, 0.6) is 0 Å². The van der Waals surface area contributed by atoms with Gasteiger partial charge in [-0.2, -0.15) is 0 Å². The van der Waals surface area contributed by atoms with E-state index in [0.717, 1.165) is 49.8 Å². The summed E-state index contributed by atoms with van der Waals surface area (Å²) in [7, 11) is 2.39. The number of hydrogen-bond donors (Lipinski definition) is 1. The third-order valence-corrected chi connectivity index (χ3v) is 9.25. The SMILES string of the molecule is C[N+]1(Cc2ccccc2)CC2CCC(C1)C2COC(=O)C(O)(c1ccccc1)C1CCCCCC1.[I-]. The zero-order valence-electron chi connectivity index (χ0n) is 21.7. The lowest BCUT2D eigenvalue weighted by Gasteiger charge is -2.45. The minimum Gasteiger partial charge on any atom is -1.00 e. The molecule has 36 heavy (non-hydrogen) atoms. The quantitative estimate of drug-likeness (QED) is 0.229. The van der Waals surface area contributed by atoms with Crippen molar-refractivity contribution in [3.05, 3.63) is 71.8 Å². The normalized spacial score (nSPS) is 30.0. The second kappa shape index (κ2) is 12.0. The molecule has 5 rings (SSSR count). The Morgan fingerprint density at radius 2 is 1.44 bits per heavy atom. The number of benzene rings is 2. The van der Waals surface area contributed by atoms with Crippen LogP contribution in [0, 0.1) is 23.7 Å². The Hall–Kier alpha value is -1.44. The van der Waals surface area contributed by atoms with E-state index in [1.54, 1.807) is 0 Å². The highest BCUT2D eigenvalue weighted by molar-refractivity contribution is 5.81. The maximum atomic E-state index is 13.6. The van der Waals surface area contributed by atoms with Gasteiger partial charge in [-0.3, -0.25) is 0 Å². The third kappa shape index (κ3) is 5.83.